The first-order valence-electron chi connectivity index (χ1n) is 15.1. The first-order valence-corrected chi connectivity index (χ1v) is 17.8. The molecule has 0 spiro atoms. The summed E-state index contributed by atoms with van der Waals surface area (Å²) in [6.07, 6.45) is 1.76. The summed E-state index contributed by atoms with van der Waals surface area (Å²) in [5.74, 6) is 0.0837. The third-order valence-corrected chi connectivity index (χ3v) is 9.66. The normalized spacial score (nSPS) is 14.2. The lowest BCUT2D eigenvalue weighted by Crippen LogP contribution is -2.40. The maximum Gasteiger partial charge on any atom is 0.343 e. The van der Waals surface area contributed by atoms with Crippen LogP contribution in [0, 0.1) is 0 Å². The molecular weight excluding hydrogens is 804 g/mol. The highest BCUT2D eigenvalue weighted by Crippen LogP contribution is 2.37. The van der Waals surface area contributed by atoms with Crippen LogP contribution in [0.15, 0.2) is 84.6 Å². The molecule has 14 heteroatoms. The van der Waals surface area contributed by atoms with Crippen LogP contribution in [0.5, 0.6) is 17.2 Å². The Balaban J connectivity index is 1.57. The molecule has 10 nitrogen and oxygen atoms in total. The number of ether oxygens (including phenoxy) is 5. The number of hydrogen-bond donors (Lipinski definition) is 0. The van der Waals surface area contributed by atoms with Gasteiger partial charge in [0.1, 0.15) is 12.4 Å². The number of esters is 2. The number of carbonyl (C=O) groups excluding carboxylic acids is 2. The van der Waals surface area contributed by atoms with Gasteiger partial charge in [0.15, 0.2) is 22.9 Å². The lowest BCUT2D eigenvalue weighted by atomic mass is 9.95. The van der Waals surface area contributed by atoms with Crippen LogP contribution in [0.3, 0.4) is 0 Å². The van der Waals surface area contributed by atoms with Crippen molar-refractivity contribution in [2.45, 2.75) is 33.4 Å². The summed E-state index contributed by atoms with van der Waals surface area (Å²) >= 11 is 14.5. The standard InChI is InChI=1S/C35H31Br2ClN2O8S/c1-5-45-27-16-22(10-11-26(27)47-18-29(41)44-4)31-30(34(43)46-6-2)19(3)39-35-40(31)33(42)28(49-35)15-21-13-24(36)32(25(37)14-21)48-17-20-8-7-9-23(38)12-20/h7-16,31H,5-6,17-18H2,1-4H3/b28-15+/t31-/m0/s1. The predicted molar refractivity (Wildman–Crippen MR) is 193 cm³/mol. The molecule has 3 aromatic carbocycles. The minimum atomic E-state index is -0.882. The number of aromatic nitrogens is 1. The van der Waals surface area contributed by atoms with E-state index >= 15 is 0 Å². The van der Waals surface area contributed by atoms with Crippen LogP contribution in [0.1, 0.15) is 43.5 Å². The molecule has 1 atom stereocenters. The second-order valence-corrected chi connectivity index (χ2v) is 13.7. The van der Waals surface area contributed by atoms with Gasteiger partial charge in [0.05, 0.1) is 51.1 Å². The molecule has 0 fully saturated rings. The zero-order chi connectivity index (χ0) is 35.2. The van der Waals surface area contributed by atoms with Crippen LogP contribution in [0.4, 0.5) is 0 Å². The third-order valence-electron chi connectivity index (χ3n) is 7.26. The average molecular weight is 835 g/mol. The molecule has 1 aromatic heterocycles. The zero-order valence-corrected chi connectivity index (χ0v) is 31.6. The topological polar surface area (TPSA) is 115 Å². The summed E-state index contributed by atoms with van der Waals surface area (Å²) in [7, 11) is 1.27. The van der Waals surface area contributed by atoms with Crippen LogP contribution in [0.25, 0.3) is 6.08 Å². The van der Waals surface area contributed by atoms with Gasteiger partial charge in [-0.05, 0) is 112 Å². The molecule has 49 heavy (non-hydrogen) atoms. The molecule has 1 aliphatic heterocycles. The fourth-order valence-electron chi connectivity index (χ4n) is 5.12. The van der Waals surface area contributed by atoms with E-state index in [4.69, 9.17) is 30.5 Å². The van der Waals surface area contributed by atoms with Gasteiger partial charge in [0.25, 0.3) is 5.56 Å². The predicted octanol–water partition coefficient (Wildman–Crippen LogP) is 6.51. The molecule has 0 N–H and O–H groups in total. The lowest BCUT2D eigenvalue weighted by Gasteiger charge is -2.25. The van der Waals surface area contributed by atoms with E-state index in [9.17, 15) is 14.4 Å². The summed E-state index contributed by atoms with van der Waals surface area (Å²) in [6.45, 7) is 5.66. The molecular formula is C35H31Br2ClN2O8S. The summed E-state index contributed by atoms with van der Waals surface area (Å²) < 4.78 is 30.9. The van der Waals surface area contributed by atoms with E-state index in [1.807, 2.05) is 37.3 Å². The summed E-state index contributed by atoms with van der Waals surface area (Å²) in [5.41, 5.74) is 2.50. The van der Waals surface area contributed by atoms with Gasteiger partial charge in [-0.3, -0.25) is 9.36 Å². The largest absolute Gasteiger partial charge is 0.490 e. The molecule has 4 aromatic rings. The molecule has 0 aliphatic carbocycles. The number of allylic oxidation sites excluding steroid dienone is 1. The van der Waals surface area contributed by atoms with Crippen molar-refractivity contribution in [3.8, 4) is 17.2 Å². The van der Waals surface area contributed by atoms with Crippen LogP contribution < -0.4 is 29.1 Å². The highest BCUT2D eigenvalue weighted by Gasteiger charge is 2.34. The smallest absolute Gasteiger partial charge is 0.343 e. The Morgan fingerprint density at radius 2 is 1.76 bits per heavy atom. The second kappa shape index (κ2) is 16.2. The van der Waals surface area contributed by atoms with Gasteiger partial charge in [-0.15, -0.1) is 0 Å². The number of rotatable bonds is 12. The van der Waals surface area contributed by atoms with Gasteiger partial charge in [-0.25, -0.2) is 14.6 Å². The second-order valence-electron chi connectivity index (χ2n) is 10.5. The minimum Gasteiger partial charge on any atom is -0.490 e. The number of fused-ring (bicyclic) bond motifs is 1. The van der Waals surface area contributed by atoms with Crippen molar-refractivity contribution in [1.29, 1.82) is 0 Å². The summed E-state index contributed by atoms with van der Waals surface area (Å²) in [6, 6.07) is 15.3. The number of hydrogen-bond acceptors (Lipinski definition) is 10. The fourth-order valence-corrected chi connectivity index (χ4v) is 7.83. The number of thiazole rings is 1. The van der Waals surface area contributed by atoms with Crippen LogP contribution in [0.2, 0.25) is 5.02 Å². The van der Waals surface area contributed by atoms with Gasteiger partial charge in [-0.1, -0.05) is 41.1 Å². The van der Waals surface area contributed by atoms with Gasteiger partial charge in [-0.2, -0.15) is 0 Å². The van der Waals surface area contributed by atoms with Gasteiger partial charge in [0.2, 0.25) is 0 Å². The summed E-state index contributed by atoms with van der Waals surface area (Å²) in [4.78, 5) is 44.4. The fraction of sp³-hybridized carbons (Fsp3) is 0.257. The van der Waals surface area contributed by atoms with E-state index in [0.717, 1.165) is 11.1 Å². The number of halogens is 3. The molecule has 0 saturated heterocycles. The molecule has 0 unspecified atom stereocenters. The van der Waals surface area contributed by atoms with Crippen molar-refractivity contribution >= 4 is 72.8 Å². The molecule has 5 rings (SSSR count). The van der Waals surface area contributed by atoms with E-state index in [-0.39, 0.29) is 24.3 Å². The molecule has 1 aliphatic rings. The highest BCUT2D eigenvalue weighted by atomic mass is 79.9. The van der Waals surface area contributed by atoms with Gasteiger partial charge < -0.3 is 23.7 Å². The maximum atomic E-state index is 14.2. The van der Waals surface area contributed by atoms with Crippen molar-refractivity contribution in [2.24, 2.45) is 4.99 Å². The van der Waals surface area contributed by atoms with Crippen molar-refractivity contribution in [2.75, 3.05) is 26.9 Å². The number of carbonyl (C=O) groups is 2. The maximum absolute atomic E-state index is 14.2. The van der Waals surface area contributed by atoms with Crippen molar-refractivity contribution in [3.05, 3.63) is 116 Å². The van der Waals surface area contributed by atoms with Crippen molar-refractivity contribution < 1.29 is 33.3 Å². The highest BCUT2D eigenvalue weighted by molar-refractivity contribution is 9.11. The number of methoxy groups -OCH3 is 1. The first kappa shape index (κ1) is 36.4. The Hall–Kier alpha value is -3.91. The van der Waals surface area contributed by atoms with Crippen molar-refractivity contribution in [1.82, 2.24) is 4.57 Å². The third kappa shape index (κ3) is 8.29. The van der Waals surface area contributed by atoms with Gasteiger partial charge in [0, 0.05) is 5.02 Å². The number of nitrogens with zero attached hydrogens (tertiary/aromatic N) is 2. The van der Waals surface area contributed by atoms with E-state index in [1.165, 1.54) is 23.0 Å². The quantitative estimate of drug-likeness (QED) is 0.149. The Morgan fingerprint density at radius 3 is 2.43 bits per heavy atom. The summed E-state index contributed by atoms with van der Waals surface area (Å²) in [5, 5.41) is 0.624. The Morgan fingerprint density at radius 1 is 1.00 bits per heavy atom. The molecule has 0 radical (unpaired) electrons. The monoisotopic (exact) mass is 832 g/mol. The first-order chi connectivity index (χ1) is 23.5. The van der Waals surface area contributed by atoms with E-state index in [2.05, 4.69) is 41.6 Å². The Kier molecular flexibility index (Phi) is 12.0. The van der Waals surface area contributed by atoms with Crippen LogP contribution >= 0.6 is 54.8 Å². The lowest BCUT2D eigenvalue weighted by molar-refractivity contribution is -0.143. The molecule has 0 bridgehead atoms. The molecule has 256 valence electrons. The SMILES string of the molecule is CCOC(=O)C1=C(C)N=c2s/c(=C/c3cc(Br)c(OCc4cccc(Cl)c4)c(Br)c3)c(=O)n2[C@H]1c1ccc(OCC(=O)OC)c(OCC)c1. The van der Waals surface area contributed by atoms with Crippen LogP contribution in [-0.4, -0.2) is 43.4 Å². The number of benzene rings is 3. The minimum absolute atomic E-state index is 0.139. The molecule has 0 saturated carbocycles. The molecule has 2 heterocycles. The van der Waals surface area contributed by atoms with E-state index < -0.39 is 18.0 Å². The van der Waals surface area contributed by atoms with Crippen molar-refractivity contribution in [3.63, 3.8) is 0 Å². The Bertz CT molecular complexity index is 2110. The molecule has 0 amide bonds. The van der Waals surface area contributed by atoms with E-state index in [1.54, 1.807) is 44.2 Å². The van der Waals surface area contributed by atoms with E-state index in [0.29, 0.717) is 65.0 Å². The Labute approximate surface area is 307 Å². The zero-order valence-electron chi connectivity index (χ0n) is 26.9. The van der Waals surface area contributed by atoms with Gasteiger partial charge >= 0.3 is 11.9 Å². The average Bonchev–Trinajstić information content (AvgIpc) is 3.36. The van der Waals surface area contributed by atoms with Crippen LogP contribution in [-0.2, 0) is 25.7 Å².